The van der Waals surface area contributed by atoms with Crippen LogP contribution in [-0.2, 0) is 19.6 Å². The van der Waals surface area contributed by atoms with E-state index in [0.29, 0.717) is 0 Å². The Morgan fingerprint density at radius 1 is 1.36 bits per heavy atom. The number of ether oxygens (including phenoxy) is 1. The minimum Gasteiger partial charge on any atom is -0.508 e. The van der Waals surface area contributed by atoms with Crippen LogP contribution in [0, 0.1) is 0 Å². The molecule has 2 rings (SSSR count). The van der Waals surface area contributed by atoms with Crippen LogP contribution in [0.5, 0.6) is 5.75 Å². The predicted molar refractivity (Wildman–Crippen MR) is 89.1 cm³/mol. The topological polar surface area (TPSA) is 125 Å². The van der Waals surface area contributed by atoms with Gasteiger partial charge in [0.2, 0.25) is 10.0 Å². The van der Waals surface area contributed by atoms with Gasteiger partial charge in [-0.05, 0) is 24.3 Å². The number of carbonyl (C=O) groups is 2. The van der Waals surface area contributed by atoms with Gasteiger partial charge in [0.15, 0.2) is 6.23 Å². The van der Waals surface area contributed by atoms with Crippen LogP contribution in [0.2, 0.25) is 0 Å². The van der Waals surface area contributed by atoms with Crippen LogP contribution in [0.3, 0.4) is 0 Å². The zero-order valence-corrected chi connectivity index (χ0v) is 14.7. The van der Waals surface area contributed by atoms with Gasteiger partial charge >= 0.3 is 5.97 Å². The number of phenolic OH excluding ortho intramolecular Hbond substituents is 1. The summed E-state index contributed by atoms with van der Waals surface area (Å²) in [4.78, 5) is 24.0. The molecule has 9 nitrogen and oxygen atoms in total. The molecule has 138 valence electrons. The second-order valence-electron chi connectivity index (χ2n) is 5.56. The summed E-state index contributed by atoms with van der Waals surface area (Å²) in [5, 5.41) is 14.8. The molecule has 2 atom stereocenters. The highest BCUT2D eigenvalue weighted by molar-refractivity contribution is 7.88. The van der Waals surface area contributed by atoms with Crippen molar-refractivity contribution in [3.8, 4) is 5.75 Å². The van der Waals surface area contributed by atoms with Crippen molar-refractivity contribution < 1.29 is 27.9 Å². The summed E-state index contributed by atoms with van der Waals surface area (Å²) in [7, 11) is -3.64. The molecule has 0 aromatic heterocycles. The van der Waals surface area contributed by atoms with Gasteiger partial charge in [-0.1, -0.05) is 6.92 Å². The van der Waals surface area contributed by atoms with E-state index in [9.17, 15) is 23.1 Å². The number of benzene rings is 1. The van der Waals surface area contributed by atoms with E-state index in [-0.39, 0.29) is 30.8 Å². The van der Waals surface area contributed by atoms with Gasteiger partial charge in [0.1, 0.15) is 11.9 Å². The van der Waals surface area contributed by atoms with E-state index in [1.54, 1.807) is 6.92 Å². The first-order valence-electron chi connectivity index (χ1n) is 7.72. The van der Waals surface area contributed by atoms with E-state index in [2.05, 4.69) is 10.6 Å². The molecule has 1 fully saturated rings. The third kappa shape index (κ3) is 4.91. The smallest absolute Gasteiger partial charge is 0.307 e. The Hall–Kier alpha value is -2.17. The zero-order chi connectivity index (χ0) is 18.6. The number of nitrogens with one attached hydrogen (secondary N) is 2. The predicted octanol–water partition coefficient (Wildman–Crippen LogP) is -0.408. The number of piperazine rings is 1. The van der Waals surface area contributed by atoms with Gasteiger partial charge in [-0.15, -0.1) is 0 Å². The fourth-order valence-corrected chi connectivity index (χ4v) is 3.40. The summed E-state index contributed by atoms with van der Waals surface area (Å²) >= 11 is 0. The Balaban J connectivity index is 2.25. The van der Waals surface area contributed by atoms with E-state index < -0.39 is 34.3 Å². The second kappa shape index (κ2) is 7.81. The van der Waals surface area contributed by atoms with Crippen LogP contribution in [0.4, 0.5) is 0 Å². The minimum absolute atomic E-state index is 0.00315. The highest BCUT2D eigenvalue weighted by atomic mass is 32.2. The van der Waals surface area contributed by atoms with Gasteiger partial charge in [0.05, 0.1) is 6.26 Å². The molecule has 1 amide bonds. The summed E-state index contributed by atoms with van der Waals surface area (Å²) in [5.74, 6) is -1.07. The molecule has 1 aliphatic rings. The normalized spacial score (nSPS) is 21.5. The van der Waals surface area contributed by atoms with Crippen molar-refractivity contribution in [2.24, 2.45) is 0 Å². The first-order valence-corrected chi connectivity index (χ1v) is 9.56. The molecule has 0 bridgehead atoms. The number of hydrogen-bond acceptors (Lipinski definition) is 7. The number of esters is 1. The molecule has 1 aliphatic heterocycles. The monoisotopic (exact) mass is 371 g/mol. The van der Waals surface area contributed by atoms with Crippen LogP contribution in [0.25, 0.3) is 0 Å². The Morgan fingerprint density at radius 3 is 2.56 bits per heavy atom. The Morgan fingerprint density at radius 2 is 2.00 bits per heavy atom. The maximum absolute atomic E-state index is 12.4. The van der Waals surface area contributed by atoms with Crippen molar-refractivity contribution in [3.63, 3.8) is 0 Å². The molecule has 10 heteroatoms. The Bertz CT molecular complexity index is 734. The number of sulfonamides is 1. The number of amides is 1. The average molecular weight is 371 g/mol. The maximum atomic E-state index is 12.4. The first kappa shape index (κ1) is 19.2. The van der Waals surface area contributed by atoms with Gasteiger partial charge in [-0.3, -0.25) is 14.9 Å². The third-order valence-electron chi connectivity index (χ3n) is 3.66. The summed E-state index contributed by atoms with van der Waals surface area (Å²) in [6.07, 6.45) is -0.940. The molecule has 0 spiro atoms. The highest BCUT2D eigenvalue weighted by Crippen LogP contribution is 2.15. The third-order valence-corrected chi connectivity index (χ3v) is 4.92. The van der Waals surface area contributed by atoms with Crippen LogP contribution in [0.1, 0.15) is 23.7 Å². The first-order chi connectivity index (χ1) is 11.7. The molecule has 1 unspecified atom stereocenters. The van der Waals surface area contributed by atoms with Crippen molar-refractivity contribution in [1.82, 2.24) is 14.9 Å². The van der Waals surface area contributed by atoms with Gasteiger partial charge < -0.3 is 15.2 Å². The molecular weight excluding hydrogens is 350 g/mol. The molecule has 1 aromatic carbocycles. The summed E-state index contributed by atoms with van der Waals surface area (Å²) in [6, 6.07) is 5.49. The molecule has 3 N–H and O–H groups in total. The molecular formula is C15H21N3O6S. The molecule has 0 saturated carbocycles. The maximum Gasteiger partial charge on any atom is 0.307 e. The minimum atomic E-state index is -3.64. The average Bonchev–Trinajstić information content (AvgIpc) is 2.55. The van der Waals surface area contributed by atoms with Crippen molar-refractivity contribution in [2.75, 3.05) is 19.3 Å². The summed E-state index contributed by atoms with van der Waals surface area (Å²) in [5.41, 5.74) is 0.234. The summed E-state index contributed by atoms with van der Waals surface area (Å²) < 4.78 is 30.4. The van der Waals surface area contributed by atoms with Gasteiger partial charge in [-0.25, -0.2) is 8.42 Å². The molecule has 1 aromatic rings. The number of rotatable bonds is 5. The number of aromatic hydroxyl groups is 1. The van der Waals surface area contributed by atoms with Gasteiger partial charge in [0.25, 0.3) is 5.91 Å². The zero-order valence-electron chi connectivity index (χ0n) is 13.9. The second-order valence-corrected chi connectivity index (χ2v) is 7.49. The summed E-state index contributed by atoms with van der Waals surface area (Å²) in [6.45, 7) is 2.02. The Labute approximate surface area is 146 Å². The van der Waals surface area contributed by atoms with E-state index >= 15 is 0 Å². The largest absolute Gasteiger partial charge is 0.508 e. The molecule has 0 radical (unpaired) electrons. The number of phenols is 1. The van der Waals surface area contributed by atoms with E-state index in [1.807, 2.05) is 0 Å². The highest BCUT2D eigenvalue weighted by Gasteiger charge is 2.39. The van der Waals surface area contributed by atoms with E-state index in [1.165, 1.54) is 24.3 Å². The molecule has 25 heavy (non-hydrogen) atoms. The fraction of sp³-hybridized carbons (Fsp3) is 0.467. The van der Waals surface area contributed by atoms with E-state index in [4.69, 9.17) is 4.74 Å². The van der Waals surface area contributed by atoms with Crippen molar-refractivity contribution in [1.29, 1.82) is 0 Å². The van der Waals surface area contributed by atoms with Crippen molar-refractivity contribution in [2.45, 2.75) is 25.7 Å². The number of carbonyl (C=O) groups excluding carboxylic acids is 2. The van der Waals surface area contributed by atoms with Crippen molar-refractivity contribution in [3.05, 3.63) is 29.8 Å². The fourth-order valence-electron chi connectivity index (χ4n) is 2.40. The Kier molecular flexibility index (Phi) is 5.98. The lowest BCUT2D eigenvalue weighted by Gasteiger charge is -2.39. The van der Waals surface area contributed by atoms with Gasteiger partial charge in [-0.2, -0.15) is 4.31 Å². The van der Waals surface area contributed by atoms with Crippen LogP contribution >= 0.6 is 0 Å². The van der Waals surface area contributed by atoms with Gasteiger partial charge in [0, 0.05) is 25.1 Å². The quantitative estimate of drug-likeness (QED) is 0.601. The molecule has 1 saturated heterocycles. The van der Waals surface area contributed by atoms with E-state index in [0.717, 1.165) is 10.6 Å². The molecule has 0 aliphatic carbocycles. The standard InChI is InChI=1S/C15H21N3O6S/c1-3-12(20)24-15-13(18(9-8-16-15)25(2,22)23)17-14(21)10-4-6-11(19)7-5-10/h4-7,13,15-16,19H,3,8-9H2,1-2H3,(H,17,21)/t13-,15?/m1/s1. The lowest BCUT2D eigenvalue weighted by atomic mass is 10.2. The number of nitrogens with zero attached hydrogens (tertiary/aromatic N) is 1. The SMILES string of the molecule is CCC(=O)OC1NCCN(S(C)(=O)=O)[C@H]1NC(=O)c1ccc(O)cc1. The number of hydrogen-bond donors (Lipinski definition) is 3. The van der Waals surface area contributed by atoms with Crippen LogP contribution in [-0.4, -0.2) is 61.4 Å². The molecule has 1 heterocycles. The lowest BCUT2D eigenvalue weighted by molar-refractivity contribution is -0.155. The van der Waals surface area contributed by atoms with Crippen molar-refractivity contribution >= 4 is 21.9 Å². The van der Waals surface area contributed by atoms with Crippen LogP contribution in [0.15, 0.2) is 24.3 Å². The lowest BCUT2D eigenvalue weighted by Crippen LogP contribution is -2.66. The van der Waals surface area contributed by atoms with Crippen LogP contribution < -0.4 is 10.6 Å².